The Morgan fingerprint density at radius 3 is 2.41 bits per heavy atom. The van der Waals surface area contributed by atoms with Gasteiger partial charge in [-0.3, -0.25) is 4.79 Å². The van der Waals surface area contributed by atoms with Crippen LogP contribution < -0.4 is 10.1 Å². The number of ether oxygens (including phenoxy) is 1. The molecular formula is C20H20F3NO3S2. The van der Waals surface area contributed by atoms with Crippen molar-refractivity contribution in [3.8, 4) is 16.9 Å². The summed E-state index contributed by atoms with van der Waals surface area (Å²) in [5.74, 6) is -0.794. The molecule has 0 amide bonds. The summed E-state index contributed by atoms with van der Waals surface area (Å²) < 4.78 is 40.6. The quantitative estimate of drug-likeness (QED) is 0.580. The molecule has 9 heteroatoms. The highest BCUT2D eigenvalue weighted by Gasteiger charge is 2.31. The molecule has 0 bridgehead atoms. The highest BCUT2D eigenvalue weighted by atomic mass is 32.1. The number of hydrogen-bond donors (Lipinski definition) is 2. The van der Waals surface area contributed by atoms with E-state index < -0.39 is 12.3 Å². The molecule has 0 radical (unpaired) electrons. The summed E-state index contributed by atoms with van der Waals surface area (Å²) in [7, 11) is 0. The number of aliphatic carboxylic acids is 1. The number of carboxylic acid groups (broad SMARTS) is 1. The van der Waals surface area contributed by atoms with E-state index in [1.165, 1.54) is 23.5 Å². The Hall–Kier alpha value is -2.13. The number of carboxylic acids is 1. The van der Waals surface area contributed by atoms with Crippen molar-refractivity contribution in [3.05, 3.63) is 40.6 Å². The molecule has 0 saturated heterocycles. The van der Waals surface area contributed by atoms with Crippen molar-refractivity contribution in [3.63, 3.8) is 0 Å². The zero-order chi connectivity index (χ0) is 21.0. The van der Waals surface area contributed by atoms with Gasteiger partial charge in [-0.2, -0.15) is 0 Å². The van der Waals surface area contributed by atoms with Gasteiger partial charge in [-0.25, -0.2) is 0 Å². The number of halogens is 3. The van der Waals surface area contributed by atoms with E-state index in [9.17, 15) is 18.0 Å². The van der Waals surface area contributed by atoms with E-state index >= 15 is 0 Å². The van der Waals surface area contributed by atoms with Crippen molar-refractivity contribution < 1.29 is 27.8 Å². The second-order valence-corrected chi connectivity index (χ2v) is 8.36. The Bertz CT molecular complexity index is 857. The molecule has 1 fully saturated rings. The predicted molar refractivity (Wildman–Crippen MR) is 109 cm³/mol. The van der Waals surface area contributed by atoms with E-state index in [1.807, 2.05) is 11.4 Å². The molecule has 0 aliphatic heterocycles. The highest BCUT2D eigenvalue weighted by Crippen LogP contribution is 2.30. The minimum atomic E-state index is -4.71. The topological polar surface area (TPSA) is 58.6 Å². The van der Waals surface area contributed by atoms with E-state index in [-0.39, 0.29) is 11.7 Å². The Morgan fingerprint density at radius 2 is 1.83 bits per heavy atom. The Balaban J connectivity index is 1.53. The van der Waals surface area contributed by atoms with Gasteiger partial charge in [-0.1, -0.05) is 24.4 Å². The molecule has 1 saturated carbocycles. The normalized spacial score (nSPS) is 19.6. The number of thiophene rings is 1. The maximum atomic E-state index is 12.3. The van der Waals surface area contributed by atoms with Crippen LogP contribution in [0.3, 0.4) is 0 Å². The lowest BCUT2D eigenvalue weighted by Crippen LogP contribution is -2.31. The largest absolute Gasteiger partial charge is 0.573 e. The number of carbonyl (C=O) groups is 1. The van der Waals surface area contributed by atoms with Crippen molar-refractivity contribution in [2.45, 2.75) is 32.0 Å². The molecule has 29 heavy (non-hydrogen) atoms. The van der Waals surface area contributed by atoms with Crippen molar-refractivity contribution in [2.75, 3.05) is 6.54 Å². The Kier molecular flexibility index (Phi) is 6.79. The van der Waals surface area contributed by atoms with Crippen LogP contribution in [0.2, 0.25) is 0 Å². The summed E-state index contributed by atoms with van der Waals surface area (Å²) in [5.41, 5.74) is 1.64. The average Bonchev–Trinajstić information content (AvgIpc) is 3.16. The zero-order valence-electron chi connectivity index (χ0n) is 15.4. The summed E-state index contributed by atoms with van der Waals surface area (Å²) in [6.07, 6.45) is -1.57. The lowest BCUT2D eigenvalue weighted by atomic mass is 9.82. The van der Waals surface area contributed by atoms with Crippen LogP contribution in [-0.4, -0.2) is 29.0 Å². The lowest BCUT2D eigenvalue weighted by Gasteiger charge is -2.26. The monoisotopic (exact) mass is 443 g/mol. The second-order valence-electron chi connectivity index (χ2n) is 7.04. The van der Waals surface area contributed by atoms with Crippen LogP contribution in [0.5, 0.6) is 5.75 Å². The first-order valence-corrected chi connectivity index (χ1v) is 10.5. The molecule has 2 aromatic rings. The summed E-state index contributed by atoms with van der Waals surface area (Å²) >= 11 is 6.92. The predicted octanol–water partition coefficient (Wildman–Crippen LogP) is 5.47. The number of alkyl halides is 3. The number of nitrogens with one attached hydrogen (secondary N) is 1. The van der Waals surface area contributed by atoms with Crippen LogP contribution >= 0.6 is 23.6 Å². The Morgan fingerprint density at radius 1 is 1.17 bits per heavy atom. The average molecular weight is 444 g/mol. The number of rotatable bonds is 6. The fraction of sp³-hybridized carbons (Fsp3) is 0.400. The van der Waals surface area contributed by atoms with Gasteiger partial charge >= 0.3 is 12.3 Å². The minimum Gasteiger partial charge on any atom is -0.481 e. The minimum absolute atomic E-state index is 0.231. The van der Waals surface area contributed by atoms with Gasteiger partial charge in [0.1, 0.15) is 10.7 Å². The third kappa shape index (κ3) is 6.17. The molecule has 1 aliphatic rings. The van der Waals surface area contributed by atoms with E-state index in [0.717, 1.165) is 28.8 Å². The third-order valence-electron chi connectivity index (χ3n) is 4.99. The van der Waals surface area contributed by atoms with E-state index in [1.54, 1.807) is 12.1 Å². The van der Waals surface area contributed by atoms with Gasteiger partial charge in [0.25, 0.3) is 0 Å². The number of hydrogen-bond acceptors (Lipinski definition) is 4. The first kappa shape index (κ1) is 21.6. The first-order valence-electron chi connectivity index (χ1n) is 9.17. The van der Waals surface area contributed by atoms with E-state index in [2.05, 4.69) is 10.1 Å². The third-order valence-corrected chi connectivity index (χ3v) is 6.43. The van der Waals surface area contributed by atoms with Gasteiger partial charge in [0, 0.05) is 6.54 Å². The molecule has 0 spiro atoms. The van der Waals surface area contributed by atoms with Gasteiger partial charge in [-0.15, -0.1) is 24.5 Å². The van der Waals surface area contributed by atoms with Gasteiger partial charge in [0.15, 0.2) is 0 Å². The van der Waals surface area contributed by atoms with Crippen molar-refractivity contribution in [1.82, 2.24) is 5.32 Å². The summed E-state index contributed by atoms with van der Waals surface area (Å²) in [5, 5.41) is 14.2. The molecule has 1 aliphatic carbocycles. The summed E-state index contributed by atoms with van der Waals surface area (Å²) in [6.45, 7) is 0.710. The molecule has 1 aromatic heterocycles. The fourth-order valence-corrected chi connectivity index (χ4v) is 4.51. The van der Waals surface area contributed by atoms with Crippen LogP contribution in [0, 0.1) is 11.8 Å². The van der Waals surface area contributed by atoms with Crippen molar-refractivity contribution >= 4 is 34.5 Å². The summed E-state index contributed by atoms with van der Waals surface area (Å²) in [6, 6.07) is 7.61. The van der Waals surface area contributed by atoms with Gasteiger partial charge in [-0.05, 0) is 66.3 Å². The van der Waals surface area contributed by atoms with Crippen LogP contribution in [0.4, 0.5) is 13.2 Å². The molecular weight excluding hydrogens is 423 g/mol. The molecule has 4 nitrogen and oxygen atoms in total. The molecule has 156 valence electrons. The fourth-order valence-electron chi connectivity index (χ4n) is 3.39. The smallest absolute Gasteiger partial charge is 0.481 e. The molecule has 0 atom stereocenters. The molecule has 1 heterocycles. The van der Waals surface area contributed by atoms with Crippen LogP contribution in [0.25, 0.3) is 11.1 Å². The van der Waals surface area contributed by atoms with E-state index in [0.29, 0.717) is 30.3 Å². The van der Waals surface area contributed by atoms with Crippen molar-refractivity contribution in [1.29, 1.82) is 0 Å². The van der Waals surface area contributed by atoms with Crippen LogP contribution in [0.15, 0.2) is 35.7 Å². The van der Waals surface area contributed by atoms with Gasteiger partial charge in [0.05, 0.1) is 10.8 Å². The summed E-state index contributed by atoms with van der Waals surface area (Å²) in [4.78, 5) is 12.5. The Labute approximate surface area is 175 Å². The lowest BCUT2D eigenvalue weighted by molar-refractivity contribution is -0.274. The second kappa shape index (κ2) is 9.13. The zero-order valence-corrected chi connectivity index (χ0v) is 17.0. The van der Waals surface area contributed by atoms with E-state index in [4.69, 9.17) is 17.3 Å². The molecule has 2 N–H and O–H groups in total. The standard InChI is InChI=1S/C20H20F3NO3S2/c21-20(22,23)27-16-7-5-13(6-8-16)15-9-17(29-11-15)18(28)24-10-12-1-3-14(4-2-12)19(25)26/h5-9,11-12,14H,1-4,10H2,(H,24,28)(H,25,26). The molecule has 1 aromatic carbocycles. The van der Waals surface area contributed by atoms with Crippen LogP contribution in [-0.2, 0) is 4.79 Å². The number of thiocarbonyl (C=S) groups is 1. The first-order chi connectivity index (χ1) is 13.7. The number of benzene rings is 1. The SMILES string of the molecule is O=C(O)C1CCC(CNC(=S)c2cc(-c3ccc(OC(F)(F)F)cc3)cs2)CC1. The maximum Gasteiger partial charge on any atom is 0.573 e. The molecule has 3 rings (SSSR count). The highest BCUT2D eigenvalue weighted by molar-refractivity contribution is 7.81. The molecule has 0 unspecified atom stereocenters. The van der Waals surface area contributed by atoms with Crippen molar-refractivity contribution in [2.24, 2.45) is 11.8 Å². The van der Waals surface area contributed by atoms with Gasteiger partial charge in [0.2, 0.25) is 0 Å². The van der Waals surface area contributed by atoms with Gasteiger partial charge < -0.3 is 15.2 Å². The van der Waals surface area contributed by atoms with Crippen LogP contribution in [0.1, 0.15) is 30.6 Å². The maximum absolute atomic E-state index is 12.3.